The molecule has 1 atom stereocenters. The predicted molar refractivity (Wildman–Crippen MR) is 123 cm³/mol. The molecule has 0 spiro atoms. The SMILES string of the molecule is CCOc1cccc2[nH]c(C(=O)N3CCC(c4cc(-c5cncnc5)cc(C)n4)C3)cc12. The number of carbonyl (C=O) groups excluding carboxylic acids is 1. The Morgan fingerprint density at radius 2 is 2.03 bits per heavy atom. The van der Waals surface area contributed by atoms with Crippen LogP contribution in [0.3, 0.4) is 0 Å². The number of nitrogens with zero attached hydrogens (tertiary/aromatic N) is 4. The Morgan fingerprint density at radius 1 is 1.19 bits per heavy atom. The minimum Gasteiger partial charge on any atom is -0.493 e. The number of benzene rings is 1. The number of nitrogens with one attached hydrogen (secondary N) is 1. The van der Waals surface area contributed by atoms with E-state index < -0.39 is 0 Å². The van der Waals surface area contributed by atoms with Crippen LogP contribution >= 0.6 is 0 Å². The first-order chi connectivity index (χ1) is 15.6. The molecule has 1 aromatic carbocycles. The lowest BCUT2D eigenvalue weighted by Crippen LogP contribution is -2.28. The quantitative estimate of drug-likeness (QED) is 0.512. The third kappa shape index (κ3) is 3.82. The first kappa shape index (κ1) is 20.2. The van der Waals surface area contributed by atoms with Gasteiger partial charge in [0.15, 0.2) is 0 Å². The number of ether oxygens (including phenoxy) is 1. The topological polar surface area (TPSA) is 84.0 Å². The number of amides is 1. The van der Waals surface area contributed by atoms with Crippen molar-refractivity contribution in [1.29, 1.82) is 0 Å². The van der Waals surface area contributed by atoms with Crippen molar-refractivity contribution in [2.45, 2.75) is 26.2 Å². The van der Waals surface area contributed by atoms with Gasteiger partial charge in [-0.15, -0.1) is 0 Å². The number of H-pyrrole nitrogens is 1. The Morgan fingerprint density at radius 3 is 2.84 bits per heavy atom. The van der Waals surface area contributed by atoms with E-state index in [1.807, 2.05) is 61.5 Å². The van der Waals surface area contributed by atoms with E-state index in [0.29, 0.717) is 25.4 Å². The van der Waals surface area contributed by atoms with E-state index in [4.69, 9.17) is 9.72 Å². The van der Waals surface area contributed by atoms with Crippen LogP contribution in [0.4, 0.5) is 0 Å². The molecule has 1 unspecified atom stereocenters. The van der Waals surface area contributed by atoms with E-state index in [-0.39, 0.29) is 11.8 Å². The van der Waals surface area contributed by atoms with Gasteiger partial charge in [-0.3, -0.25) is 9.78 Å². The molecule has 1 N–H and O–H groups in total. The van der Waals surface area contributed by atoms with Gasteiger partial charge in [-0.2, -0.15) is 0 Å². The molecule has 1 fully saturated rings. The maximum Gasteiger partial charge on any atom is 0.270 e. The smallest absolute Gasteiger partial charge is 0.270 e. The zero-order chi connectivity index (χ0) is 22.1. The molecule has 0 saturated carbocycles. The third-order valence-corrected chi connectivity index (χ3v) is 5.92. The lowest BCUT2D eigenvalue weighted by Gasteiger charge is -2.16. The molecule has 4 aromatic rings. The molecule has 7 nitrogen and oxygen atoms in total. The van der Waals surface area contributed by atoms with Crippen LogP contribution in [0.5, 0.6) is 5.75 Å². The highest BCUT2D eigenvalue weighted by molar-refractivity contribution is 5.99. The van der Waals surface area contributed by atoms with Gasteiger partial charge in [0.05, 0.1) is 6.61 Å². The molecule has 1 amide bonds. The van der Waals surface area contributed by atoms with Crippen molar-refractivity contribution >= 4 is 16.8 Å². The number of hydrogen-bond donors (Lipinski definition) is 1. The maximum atomic E-state index is 13.2. The highest BCUT2D eigenvalue weighted by atomic mass is 16.5. The Labute approximate surface area is 186 Å². The third-order valence-electron chi connectivity index (χ3n) is 5.92. The minimum absolute atomic E-state index is 0.00971. The highest BCUT2D eigenvalue weighted by Crippen LogP contribution is 2.31. The molecule has 1 saturated heterocycles. The molecule has 1 aliphatic rings. The van der Waals surface area contributed by atoms with Gasteiger partial charge < -0.3 is 14.6 Å². The second-order valence-corrected chi connectivity index (χ2v) is 8.12. The molecule has 0 aliphatic carbocycles. The van der Waals surface area contributed by atoms with Crippen LogP contribution in [0.1, 0.15) is 41.1 Å². The van der Waals surface area contributed by atoms with Gasteiger partial charge in [0, 0.05) is 59.3 Å². The summed E-state index contributed by atoms with van der Waals surface area (Å²) >= 11 is 0. The van der Waals surface area contributed by atoms with Crippen molar-refractivity contribution in [3.63, 3.8) is 0 Å². The minimum atomic E-state index is 0.00971. The second-order valence-electron chi connectivity index (χ2n) is 8.12. The van der Waals surface area contributed by atoms with Crippen LogP contribution in [-0.4, -0.2) is 50.4 Å². The van der Waals surface area contributed by atoms with E-state index in [9.17, 15) is 4.79 Å². The zero-order valence-electron chi connectivity index (χ0n) is 18.2. The van der Waals surface area contributed by atoms with Gasteiger partial charge in [-0.25, -0.2) is 9.97 Å². The summed E-state index contributed by atoms with van der Waals surface area (Å²) in [6, 6.07) is 11.9. The summed E-state index contributed by atoms with van der Waals surface area (Å²) in [6.07, 6.45) is 6.03. The number of aromatic amines is 1. The summed E-state index contributed by atoms with van der Waals surface area (Å²) in [6.45, 7) is 5.89. The lowest BCUT2D eigenvalue weighted by atomic mass is 10.00. The molecular weight excluding hydrogens is 402 g/mol. The first-order valence-corrected chi connectivity index (χ1v) is 10.9. The maximum absolute atomic E-state index is 13.2. The van der Waals surface area contributed by atoms with Crippen LogP contribution in [0, 0.1) is 6.92 Å². The molecule has 7 heteroatoms. The predicted octanol–water partition coefficient (Wildman–Crippen LogP) is 4.36. The zero-order valence-corrected chi connectivity index (χ0v) is 18.2. The largest absolute Gasteiger partial charge is 0.493 e. The second kappa shape index (κ2) is 8.42. The van der Waals surface area contributed by atoms with Gasteiger partial charge in [-0.1, -0.05) is 6.07 Å². The van der Waals surface area contributed by atoms with Gasteiger partial charge in [0.25, 0.3) is 5.91 Å². The summed E-state index contributed by atoms with van der Waals surface area (Å²) in [4.78, 5) is 31.4. The number of hydrogen-bond acceptors (Lipinski definition) is 5. The van der Waals surface area contributed by atoms with Crippen molar-refractivity contribution in [2.75, 3.05) is 19.7 Å². The Hall–Kier alpha value is -3.74. The molecule has 0 radical (unpaired) electrons. The van der Waals surface area contributed by atoms with Crippen molar-refractivity contribution in [3.8, 4) is 16.9 Å². The van der Waals surface area contributed by atoms with E-state index in [1.165, 1.54) is 6.33 Å². The van der Waals surface area contributed by atoms with Gasteiger partial charge >= 0.3 is 0 Å². The molecule has 32 heavy (non-hydrogen) atoms. The number of aryl methyl sites for hydroxylation is 1. The van der Waals surface area contributed by atoms with Crippen LogP contribution in [0.25, 0.3) is 22.0 Å². The van der Waals surface area contributed by atoms with Crippen LogP contribution in [0.15, 0.2) is 55.1 Å². The Balaban J connectivity index is 1.37. The van der Waals surface area contributed by atoms with E-state index in [1.54, 1.807) is 0 Å². The standard InChI is InChI=1S/C25H25N5O2/c1-3-32-24-6-4-5-21-20(24)11-23(29-21)25(31)30-8-7-17(14-30)22-10-18(9-16(2)28-22)19-12-26-15-27-13-19/h4-6,9-13,15,17,29H,3,7-8,14H2,1-2H3. The van der Waals surface area contributed by atoms with E-state index in [0.717, 1.165) is 45.6 Å². The van der Waals surface area contributed by atoms with E-state index in [2.05, 4.69) is 21.0 Å². The number of fused-ring (bicyclic) bond motifs is 1. The fourth-order valence-corrected chi connectivity index (χ4v) is 4.40. The summed E-state index contributed by atoms with van der Waals surface area (Å²) in [5.41, 5.74) is 5.47. The van der Waals surface area contributed by atoms with Crippen molar-refractivity contribution in [3.05, 3.63) is 72.2 Å². The first-order valence-electron chi connectivity index (χ1n) is 10.9. The Kier molecular flexibility index (Phi) is 5.31. The van der Waals surface area contributed by atoms with Crippen LogP contribution < -0.4 is 4.74 Å². The highest BCUT2D eigenvalue weighted by Gasteiger charge is 2.30. The number of likely N-dealkylation sites (tertiary alicyclic amines) is 1. The van der Waals surface area contributed by atoms with Crippen molar-refractivity contribution < 1.29 is 9.53 Å². The summed E-state index contributed by atoms with van der Waals surface area (Å²) < 4.78 is 5.71. The van der Waals surface area contributed by atoms with E-state index >= 15 is 0 Å². The summed E-state index contributed by atoms with van der Waals surface area (Å²) in [5.74, 6) is 1.00. The summed E-state index contributed by atoms with van der Waals surface area (Å²) in [7, 11) is 0. The normalized spacial score (nSPS) is 15.9. The summed E-state index contributed by atoms with van der Waals surface area (Å²) in [5, 5.41) is 0.934. The average Bonchev–Trinajstić information content (AvgIpc) is 3.47. The monoisotopic (exact) mass is 427 g/mol. The average molecular weight is 428 g/mol. The fourth-order valence-electron chi connectivity index (χ4n) is 4.40. The number of rotatable bonds is 5. The molecule has 3 aromatic heterocycles. The molecule has 0 bridgehead atoms. The molecular formula is C25H25N5O2. The van der Waals surface area contributed by atoms with Crippen molar-refractivity contribution in [1.82, 2.24) is 24.8 Å². The van der Waals surface area contributed by atoms with Gasteiger partial charge in [0.1, 0.15) is 17.8 Å². The number of pyridine rings is 1. The fraction of sp³-hybridized carbons (Fsp3) is 0.280. The van der Waals surface area contributed by atoms with Crippen LogP contribution in [0.2, 0.25) is 0 Å². The number of carbonyl (C=O) groups is 1. The van der Waals surface area contributed by atoms with Gasteiger partial charge in [-0.05, 0) is 56.2 Å². The Bertz CT molecular complexity index is 1270. The van der Waals surface area contributed by atoms with Gasteiger partial charge in [0.2, 0.25) is 0 Å². The molecule has 1 aliphatic heterocycles. The van der Waals surface area contributed by atoms with Crippen LogP contribution in [-0.2, 0) is 0 Å². The molecule has 4 heterocycles. The number of aromatic nitrogens is 4. The van der Waals surface area contributed by atoms with Crippen molar-refractivity contribution in [2.24, 2.45) is 0 Å². The molecule has 162 valence electrons. The lowest BCUT2D eigenvalue weighted by molar-refractivity contribution is 0.0786. The molecule has 5 rings (SSSR count).